The quantitative estimate of drug-likeness (QED) is 0.837. The van der Waals surface area contributed by atoms with Crippen molar-refractivity contribution < 1.29 is 19.1 Å². The molecular formula is C17H23NO4. The highest BCUT2D eigenvalue weighted by molar-refractivity contribution is 6.13. The molecule has 2 rings (SSSR count). The summed E-state index contributed by atoms with van der Waals surface area (Å²) in [5.41, 5.74) is 3.68. The molecule has 0 N–H and O–H groups in total. The first kappa shape index (κ1) is 16.5. The fourth-order valence-electron chi connectivity index (χ4n) is 2.73. The number of hydrogen-bond acceptors (Lipinski definition) is 4. The van der Waals surface area contributed by atoms with Crippen molar-refractivity contribution in [1.29, 1.82) is 0 Å². The summed E-state index contributed by atoms with van der Waals surface area (Å²) >= 11 is 0. The topological polar surface area (TPSA) is 55.8 Å². The smallest absolute Gasteiger partial charge is 0.421 e. The second kappa shape index (κ2) is 6.92. The molecule has 0 aliphatic heterocycles. The number of ether oxygens (including phenoxy) is 2. The molecular weight excluding hydrogens is 282 g/mol. The average Bonchev–Trinajstić information content (AvgIpc) is 3.28. The lowest BCUT2D eigenvalue weighted by Crippen LogP contribution is -2.40. The highest BCUT2D eigenvalue weighted by Gasteiger charge is 2.31. The molecule has 0 heterocycles. The Morgan fingerprint density at radius 3 is 2.50 bits per heavy atom. The molecule has 1 aromatic carbocycles. The molecule has 1 aromatic rings. The van der Waals surface area contributed by atoms with E-state index in [9.17, 15) is 9.59 Å². The molecule has 1 fully saturated rings. The Morgan fingerprint density at radius 1 is 1.27 bits per heavy atom. The van der Waals surface area contributed by atoms with E-state index in [0.29, 0.717) is 11.6 Å². The molecule has 0 radical (unpaired) electrons. The Balaban J connectivity index is 2.48. The maximum absolute atomic E-state index is 12.4. The van der Waals surface area contributed by atoms with Crippen molar-refractivity contribution in [2.45, 2.75) is 39.5 Å². The van der Waals surface area contributed by atoms with Crippen molar-refractivity contribution in [3.63, 3.8) is 0 Å². The van der Waals surface area contributed by atoms with Gasteiger partial charge in [-0.25, -0.2) is 9.69 Å². The highest BCUT2D eigenvalue weighted by atomic mass is 16.6. The molecule has 0 bridgehead atoms. The Hall–Kier alpha value is -1.88. The summed E-state index contributed by atoms with van der Waals surface area (Å²) in [5, 5.41) is 0. The standard InChI is InChI=1S/C17H23NO4/c1-5-22-17(20)18(15(19)10-21-4)16-11(2)6-9-14(12(16)3)13-7-8-13/h6,9,13H,5,7-8,10H2,1-4H3. The van der Waals surface area contributed by atoms with Gasteiger partial charge in [0.25, 0.3) is 5.91 Å². The number of imide groups is 1. The van der Waals surface area contributed by atoms with Gasteiger partial charge in [-0.15, -0.1) is 0 Å². The molecule has 0 unspecified atom stereocenters. The first-order chi connectivity index (χ1) is 10.5. The molecule has 0 aromatic heterocycles. The summed E-state index contributed by atoms with van der Waals surface area (Å²) in [6, 6.07) is 4.05. The van der Waals surface area contributed by atoms with Crippen LogP contribution in [0, 0.1) is 13.8 Å². The predicted molar refractivity (Wildman–Crippen MR) is 84.3 cm³/mol. The third-order valence-corrected chi connectivity index (χ3v) is 3.88. The van der Waals surface area contributed by atoms with Crippen LogP contribution in [-0.2, 0) is 14.3 Å². The van der Waals surface area contributed by atoms with Crippen LogP contribution in [-0.4, -0.2) is 32.3 Å². The molecule has 120 valence electrons. The van der Waals surface area contributed by atoms with Crippen molar-refractivity contribution >= 4 is 17.7 Å². The number of aryl methyl sites for hydroxylation is 1. The predicted octanol–water partition coefficient (Wildman–Crippen LogP) is 3.32. The first-order valence-electron chi connectivity index (χ1n) is 7.60. The van der Waals surface area contributed by atoms with E-state index < -0.39 is 12.0 Å². The second-order valence-corrected chi connectivity index (χ2v) is 5.58. The second-order valence-electron chi connectivity index (χ2n) is 5.58. The molecule has 1 saturated carbocycles. The Bertz CT molecular complexity index is 560. The van der Waals surface area contributed by atoms with Gasteiger partial charge in [0.05, 0.1) is 12.3 Å². The van der Waals surface area contributed by atoms with Crippen LogP contribution in [0.1, 0.15) is 42.4 Å². The monoisotopic (exact) mass is 305 g/mol. The average molecular weight is 305 g/mol. The minimum Gasteiger partial charge on any atom is -0.449 e. The van der Waals surface area contributed by atoms with Gasteiger partial charge in [0.1, 0.15) is 6.61 Å². The Kier molecular flexibility index (Phi) is 5.19. The zero-order valence-corrected chi connectivity index (χ0v) is 13.6. The number of rotatable bonds is 5. The SMILES string of the molecule is CCOC(=O)N(C(=O)COC)c1c(C)ccc(C2CC2)c1C. The number of benzene rings is 1. The van der Waals surface area contributed by atoms with Crippen molar-refractivity contribution in [2.24, 2.45) is 0 Å². The van der Waals surface area contributed by atoms with Crippen LogP contribution >= 0.6 is 0 Å². The maximum Gasteiger partial charge on any atom is 0.421 e. The summed E-state index contributed by atoms with van der Waals surface area (Å²) in [6.07, 6.45) is 1.67. The summed E-state index contributed by atoms with van der Waals surface area (Å²) < 4.78 is 9.97. The maximum atomic E-state index is 12.4. The number of carbonyl (C=O) groups excluding carboxylic acids is 2. The van der Waals surface area contributed by atoms with Crippen molar-refractivity contribution in [1.82, 2.24) is 0 Å². The lowest BCUT2D eigenvalue weighted by atomic mass is 9.98. The Labute approximate surface area is 131 Å². The molecule has 5 heteroatoms. The van der Waals surface area contributed by atoms with E-state index in [1.807, 2.05) is 19.9 Å². The number of hydrogen-bond donors (Lipinski definition) is 0. The molecule has 0 atom stereocenters. The van der Waals surface area contributed by atoms with E-state index in [1.165, 1.54) is 12.7 Å². The zero-order valence-electron chi connectivity index (χ0n) is 13.6. The van der Waals surface area contributed by atoms with Crippen LogP contribution < -0.4 is 4.90 Å². The fraction of sp³-hybridized carbons (Fsp3) is 0.529. The van der Waals surface area contributed by atoms with Gasteiger partial charge >= 0.3 is 6.09 Å². The zero-order chi connectivity index (χ0) is 16.3. The number of methoxy groups -OCH3 is 1. The van der Waals surface area contributed by atoms with Gasteiger partial charge in [0.15, 0.2) is 0 Å². The van der Waals surface area contributed by atoms with Gasteiger partial charge in [-0.1, -0.05) is 12.1 Å². The molecule has 0 spiro atoms. The third kappa shape index (κ3) is 3.30. The number of carbonyl (C=O) groups is 2. The molecule has 5 nitrogen and oxygen atoms in total. The van der Waals surface area contributed by atoms with Crippen LogP contribution in [0.25, 0.3) is 0 Å². The lowest BCUT2D eigenvalue weighted by Gasteiger charge is -2.25. The minimum absolute atomic E-state index is 0.161. The van der Waals surface area contributed by atoms with E-state index in [-0.39, 0.29) is 13.2 Å². The minimum atomic E-state index is -0.649. The molecule has 2 amide bonds. The highest BCUT2D eigenvalue weighted by Crippen LogP contribution is 2.44. The molecule has 22 heavy (non-hydrogen) atoms. The summed E-state index contributed by atoms with van der Waals surface area (Å²) in [5.74, 6) is 0.126. The van der Waals surface area contributed by atoms with Gasteiger partial charge < -0.3 is 9.47 Å². The van der Waals surface area contributed by atoms with E-state index in [0.717, 1.165) is 28.9 Å². The van der Waals surface area contributed by atoms with Gasteiger partial charge in [-0.3, -0.25) is 4.79 Å². The van der Waals surface area contributed by atoms with E-state index >= 15 is 0 Å². The van der Waals surface area contributed by atoms with Gasteiger partial charge in [0.2, 0.25) is 0 Å². The van der Waals surface area contributed by atoms with Gasteiger partial charge in [-0.2, -0.15) is 0 Å². The van der Waals surface area contributed by atoms with Crippen molar-refractivity contribution in [3.8, 4) is 0 Å². The molecule has 1 aliphatic rings. The van der Waals surface area contributed by atoms with Crippen molar-refractivity contribution in [2.75, 3.05) is 25.2 Å². The number of amides is 2. The molecule has 1 aliphatic carbocycles. The van der Waals surface area contributed by atoms with E-state index in [4.69, 9.17) is 9.47 Å². The summed E-state index contributed by atoms with van der Waals surface area (Å²) in [4.78, 5) is 25.8. The van der Waals surface area contributed by atoms with Crippen LogP contribution in [0.15, 0.2) is 12.1 Å². The van der Waals surface area contributed by atoms with Crippen LogP contribution in [0.5, 0.6) is 0 Å². The van der Waals surface area contributed by atoms with Crippen molar-refractivity contribution in [3.05, 3.63) is 28.8 Å². The third-order valence-electron chi connectivity index (χ3n) is 3.88. The summed E-state index contributed by atoms with van der Waals surface area (Å²) in [6.45, 7) is 5.63. The number of anilines is 1. The van der Waals surface area contributed by atoms with Crippen LogP contribution in [0.3, 0.4) is 0 Å². The van der Waals surface area contributed by atoms with Crippen LogP contribution in [0.4, 0.5) is 10.5 Å². The Morgan fingerprint density at radius 2 is 1.95 bits per heavy atom. The number of nitrogens with zero attached hydrogens (tertiary/aromatic N) is 1. The van der Waals surface area contributed by atoms with Gasteiger partial charge in [0, 0.05) is 7.11 Å². The first-order valence-corrected chi connectivity index (χ1v) is 7.60. The van der Waals surface area contributed by atoms with Crippen LogP contribution in [0.2, 0.25) is 0 Å². The summed E-state index contributed by atoms with van der Waals surface area (Å²) in [7, 11) is 1.43. The van der Waals surface area contributed by atoms with E-state index in [2.05, 4.69) is 6.07 Å². The molecule has 0 saturated heterocycles. The van der Waals surface area contributed by atoms with E-state index in [1.54, 1.807) is 6.92 Å². The van der Waals surface area contributed by atoms with Gasteiger partial charge in [-0.05, 0) is 56.2 Å². The largest absolute Gasteiger partial charge is 0.449 e. The normalized spacial score (nSPS) is 13.8. The lowest BCUT2D eigenvalue weighted by molar-refractivity contribution is -0.121. The fourth-order valence-corrected chi connectivity index (χ4v) is 2.73.